The lowest BCUT2D eigenvalue weighted by atomic mass is 9.97. The molecule has 0 radical (unpaired) electrons. The second-order valence-electron chi connectivity index (χ2n) is 13.7. The van der Waals surface area contributed by atoms with Crippen molar-refractivity contribution in [2.75, 3.05) is 37.6 Å². The Bertz CT molecular complexity index is 1850. The molecule has 0 aromatic heterocycles. The molecule has 284 valence electrons. The van der Waals surface area contributed by atoms with Crippen LogP contribution in [-0.4, -0.2) is 70.8 Å². The van der Waals surface area contributed by atoms with E-state index in [1.54, 1.807) is 17.6 Å². The topological polar surface area (TPSA) is 167 Å². The zero-order valence-electron chi connectivity index (χ0n) is 30.1. The number of hydrogen-bond donors (Lipinski definition) is 4. The maximum atomic E-state index is 12.5. The number of anilines is 1. The van der Waals surface area contributed by atoms with Crippen LogP contribution in [0.15, 0.2) is 97.1 Å². The highest BCUT2D eigenvalue weighted by atomic mass is 16.7. The van der Waals surface area contributed by atoms with Crippen molar-refractivity contribution in [3.63, 3.8) is 0 Å². The number of carbonyl (C=O) groups excluding carboxylic acids is 2. The molecule has 2 aliphatic heterocycles. The van der Waals surface area contributed by atoms with Crippen LogP contribution in [-0.2, 0) is 32.2 Å². The van der Waals surface area contributed by atoms with Gasteiger partial charge < -0.3 is 24.8 Å². The molecule has 2 saturated heterocycles. The molecule has 3 atom stereocenters. The first kappa shape index (κ1) is 38.5. The SMILES string of the molecule is O=C(CCCCC(=O)NCc1ccccc1-c1ccc(C2OC(CN3CCN(c4ccc([N+](=O)[O-])cc4)CC3)CC(c3ccc(CO)cc3)O2)cc1)NO. The van der Waals surface area contributed by atoms with Gasteiger partial charge in [0.25, 0.3) is 5.69 Å². The summed E-state index contributed by atoms with van der Waals surface area (Å²) in [6, 6.07) is 30.6. The van der Waals surface area contributed by atoms with Crippen LogP contribution in [0.2, 0.25) is 0 Å². The number of aliphatic hydroxyl groups excluding tert-OH is 1. The lowest BCUT2D eigenvalue weighted by molar-refractivity contribution is -0.384. The van der Waals surface area contributed by atoms with Gasteiger partial charge in [-0.2, -0.15) is 0 Å². The van der Waals surface area contributed by atoms with E-state index in [4.69, 9.17) is 14.7 Å². The third-order valence-corrected chi connectivity index (χ3v) is 10.0. The number of nitrogens with zero attached hydrogens (tertiary/aromatic N) is 3. The van der Waals surface area contributed by atoms with Crippen molar-refractivity contribution in [3.8, 4) is 11.1 Å². The van der Waals surface area contributed by atoms with Crippen molar-refractivity contribution in [1.82, 2.24) is 15.7 Å². The van der Waals surface area contributed by atoms with Crippen LogP contribution in [0.3, 0.4) is 0 Å². The van der Waals surface area contributed by atoms with Crippen molar-refractivity contribution >= 4 is 23.2 Å². The smallest absolute Gasteiger partial charge is 0.269 e. The molecule has 4 aromatic rings. The third-order valence-electron chi connectivity index (χ3n) is 10.0. The summed E-state index contributed by atoms with van der Waals surface area (Å²) in [5.41, 5.74) is 8.39. The Kier molecular flexibility index (Phi) is 13.4. The Morgan fingerprint density at radius 2 is 1.48 bits per heavy atom. The van der Waals surface area contributed by atoms with E-state index < -0.39 is 12.2 Å². The zero-order chi connectivity index (χ0) is 37.9. The molecule has 6 rings (SSSR count). The number of amides is 2. The number of benzene rings is 4. The molecule has 0 aliphatic carbocycles. The van der Waals surface area contributed by atoms with Gasteiger partial charge in [0.05, 0.1) is 23.7 Å². The minimum absolute atomic E-state index is 0.0265. The van der Waals surface area contributed by atoms with Crippen LogP contribution >= 0.6 is 0 Å². The summed E-state index contributed by atoms with van der Waals surface area (Å²) in [7, 11) is 0. The quantitative estimate of drug-likeness (QED) is 0.0507. The highest BCUT2D eigenvalue weighted by molar-refractivity contribution is 5.77. The molecule has 13 heteroatoms. The van der Waals surface area contributed by atoms with Gasteiger partial charge in [-0.05, 0) is 52.8 Å². The fourth-order valence-corrected chi connectivity index (χ4v) is 6.98. The van der Waals surface area contributed by atoms with Gasteiger partial charge in [0.1, 0.15) is 0 Å². The standard InChI is InChI=1S/C41H47N5O8/c47-28-29-9-11-31(12-10-29)38-25-36(27-44-21-23-45(24-22-44)34-17-19-35(20-18-34)46(51)52)53-41(54-38)32-15-13-30(14-16-32)37-6-2-1-5-33(37)26-42-39(48)7-3-4-8-40(49)43-50/h1-2,5-6,9-20,36,38,41,47,50H,3-4,7-8,21-28H2,(H,42,48)(H,43,49). The first-order valence-electron chi connectivity index (χ1n) is 18.4. The summed E-state index contributed by atoms with van der Waals surface area (Å²) >= 11 is 0. The van der Waals surface area contributed by atoms with Gasteiger partial charge in [-0.3, -0.25) is 29.8 Å². The molecular formula is C41H47N5O8. The molecule has 2 aliphatic rings. The summed E-state index contributed by atoms with van der Waals surface area (Å²) in [6.45, 7) is 4.33. The Labute approximate surface area is 314 Å². The molecule has 2 heterocycles. The predicted octanol–water partition coefficient (Wildman–Crippen LogP) is 5.80. The fraction of sp³-hybridized carbons (Fsp3) is 0.366. The second kappa shape index (κ2) is 18.7. The number of piperazine rings is 1. The number of nitro groups is 1. The van der Waals surface area contributed by atoms with Gasteiger partial charge in [-0.1, -0.05) is 72.8 Å². The van der Waals surface area contributed by atoms with Crippen LogP contribution in [0, 0.1) is 10.1 Å². The van der Waals surface area contributed by atoms with Crippen LogP contribution in [0.4, 0.5) is 11.4 Å². The van der Waals surface area contributed by atoms with Crippen LogP contribution < -0.4 is 15.7 Å². The summed E-state index contributed by atoms with van der Waals surface area (Å²) in [5, 5.41) is 32.3. The van der Waals surface area contributed by atoms with Crippen LogP contribution in [0.25, 0.3) is 11.1 Å². The fourth-order valence-electron chi connectivity index (χ4n) is 6.98. The molecule has 2 fully saturated rings. The number of nitrogens with one attached hydrogen (secondary N) is 2. The van der Waals surface area contributed by atoms with Gasteiger partial charge in [-0.15, -0.1) is 0 Å². The number of non-ortho nitro benzene ring substituents is 1. The first-order valence-corrected chi connectivity index (χ1v) is 18.4. The Hall–Kier alpha value is -5.18. The minimum Gasteiger partial charge on any atom is -0.392 e. The molecule has 0 saturated carbocycles. The normalized spacial score (nSPS) is 18.9. The highest BCUT2D eigenvalue weighted by Crippen LogP contribution is 2.39. The molecular weight excluding hydrogens is 690 g/mol. The number of aliphatic hydroxyl groups is 1. The van der Waals surface area contributed by atoms with Crippen molar-refractivity contribution in [2.45, 2.75) is 63.8 Å². The summed E-state index contributed by atoms with van der Waals surface area (Å²) in [6.07, 6.45) is 1.29. The summed E-state index contributed by atoms with van der Waals surface area (Å²) in [4.78, 5) is 39.0. The Balaban J connectivity index is 1.10. The largest absolute Gasteiger partial charge is 0.392 e. The maximum Gasteiger partial charge on any atom is 0.269 e. The van der Waals surface area contributed by atoms with Gasteiger partial charge in [0.15, 0.2) is 6.29 Å². The molecule has 4 aromatic carbocycles. The van der Waals surface area contributed by atoms with E-state index in [9.17, 15) is 24.8 Å². The molecule has 54 heavy (non-hydrogen) atoms. The third kappa shape index (κ3) is 10.3. The lowest BCUT2D eigenvalue weighted by Gasteiger charge is -2.41. The van der Waals surface area contributed by atoms with Gasteiger partial charge in [0.2, 0.25) is 11.8 Å². The molecule has 2 amide bonds. The van der Waals surface area contributed by atoms with E-state index >= 15 is 0 Å². The van der Waals surface area contributed by atoms with Gasteiger partial charge >= 0.3 is 0 Å². The number of nitro benzene ring substituents is 1. The summed E-state index contributed by atoms with van der Waals surface area (Å²) < 4.78 is 13.3. The van der Waals surface area contributed by atoms with E-state index in [0.717, 1.165) is 71.8 Å². The number of unbranched alkanes of at least 4 members (excludes halogenated alkanes) is 1. The van der Waals surface area contributed by atoms with Crippen LogP contribution in [0.5, 0.6) is 0 Å². The molecule has 4 N–H and O–H groups in total. The summed E-state index contributed by atoms with van der Waals surface area (Å²) in [5.74, 6) is -0.559. The average molecular weight is 738 g/mol. The number of rotatable bonds is 15. The molecule has 3 unspecified atom stereocenters. The maximum absolute atomic E-state index is 12.5. The molecule has 13 nitrogen and oxygen atoms in total. The first-order chi connectivity index (χ1) is 26.3. The highest BCUT2D eigenvalue weighted by Gasteiger charge is 2.34. The Morgan fingerprint density at radius 1 is 0.815 bits per heavy atom. The lowest BCUT2D eigenvalue weighted by Crippen LogP contribution is -2.49. The zero-order valence-corrected chi connectivity index (χ0v) is 30.1. The van der Waals surface area contributed by atoms with Crippen LogP contribution in [0.1, 0.15) is 66.8 Å². The average Bonchev–Trinajstić information content (AvgIpc) is 3.22. The van der Waals surface area contributed by atoms with E-state index in [-0.39, 0.29) is 41.8 Å². The number of carbonyl (C=O) groups is 2. The Morgan fingerprint density at radius 3 is 2.15 bits per heavy atom. The number of hydrogen-bond acceptors (Lipinski definition) is 10. The van der Waals surface area contributed by atoms with Crippen molar-refractivity contribution in [2.24, 2.45) is 0 Å². The van der Waals surface area contributed by atoms with E-state index in [1.807, 2.05) is 84.9 Å². The molecule has 0 spiro atoms. The number of hydroxylamine groups is 1. The molecule has 0 bridgehead atoms. The van der Waals surface area contributed by atoms with Crippen molar-refractivity contribution < 1.29 is 34.3 Å². The van der Waals surface area contributed by atoms with E-state index in [0.29, 0.717) is 32.2 Å². The second-order valence-corrected chi connectivity index (χ2v) is 13.7. The van der Waals surface area contributed by atoms with E-state index in [2.05, 4.69) is 15.1 Å². The predicted molar refractivity (Wildman–Crippen MR) is 202 cm³/mol. The minimum atomic E-state index is -0.597. The van der Waals surface area contributed by atoms with Crippen molar-refractivity contribution in [3.05, 3.63) is 129 Å². The van der Waals surface area contributed by atoms with E-state index in [1.165, 1.54) is 0 Å². The monoisotopic (exact) mass is 737 g/mol. The van der Waals surface area contributed by atoms with Gasteiger partial charge in [-0.25, -0.2) is 5.48 Å². The van der Waals surface area contributed by atoms with Crippen molar-refractivity contribution in [1.29, 1.82) is 0 Å². The van der Waals surface area contributed by atoms with Gasteiger partial charge in [0, 0.05) is 81.9 Å². The number of ether oxygens (including phenoxy) is 2.